The Kier molecular flexibility index (Phi) is 5.74. The quantitative estimate of drug-likeness (QED) is 0.196. The number of aromatic nitrogens is 5. The van der Waals surface area contributed by atoms with Crippen LogP contribution in [-0.2, 0) is 0 Å². The molecule has 210 valence electrons. The predicted molar refractivity (Wildman–Crippen MR) is 183 cm³/mol. The lowest BCUT2D eigenvalue weighted by molar-refractivity contribution is 1.19. The minimum atomic E-state index is 0.862. The molecule has 0 aliphatic carbocycles. The second kappa shape index (κ2) is 10.2. The summed E-state index contributed by atoms with van der Waals surface area (Å²) < 4.78 is 2.14. The molecule has 0 fully saturated rings. The maximum atomic E-state index is 5.16. The summed E-state index contributed by atoms with van der Waals surface area (Å²) >= 11 is 0. The van der Waals surface area contributed by atoms with Crippen molar-refractivity contribution in [3.8, 4) is 45.2 Å². The van der Waals surface area contributed by atoms with Gasteiger partial charge in [0.15, 0.2) is 0 Å². The molecule has 5 heterocycles. The van der Waals surface area contributed by atoms with E-state index in [2.05, 4.69) is 108 Å². The van der Waals surface area contributed by atoms with Gasteiger partial charge in [-0.15, -0.1) is 0 Å². The molecule has 0 bridgehead atoms. The molecule has 0 amide bonds. The van der Waals surface area contributed by atoms with Crippen LogP contribution in [0.3, 0.4) is 0 Å². The van der Waals surface area contributed by atoms with Gasteiger partial charge in [0.1, 0.15) is 11.3 Å². The van der Waals surface area contributed by atoms with Crippen molar-refractivity contribution in [3.05, 3.63) is 152 Å². The van der Waals surface area contributed by atoms with Crippen LogP contribution in [0.2, 0.25) is 0 Å². The fourth-order valence-corrected chi connectivity index (χ4v) is 6.24. The molecule has 0 unspecified atom stereocenters. The van der Waals surface area contributed by atoms with Gasteiger partial charge >= 0.3 is 0 Å². The normalized spacial score (nSPS) is 11.6. The molecule has 5 aromatic heterocycles. The van der Waals surface area contributed by atoms with Crippen molar-refractivity contribution >= 4 is 38.2 Å². The van der Waals surface area contributed by atoms with Gasteiger partial charge in [0.25, 0.3) is 0 Å². The van der Waals surface area contributed by atoms with Crippen molar-refractivity contribution in [1.82, 2.24) is 24.3 Å². The number of imidazole rings is 1. The summed E-state index contributed by atoms with van der Waals surface area (Å²) in [7, 11) is 0. The van der Waals surface area contributed by atoms with E-state index in [0.29, 0.717) is 0 Å². The fourth-order valence-electron chi connectivity index (χ4n) is 6.24. The number of benzene rings is 4. The summed E-state index contributed by atoms with van der Waals surface area (Å²) in [6.45, 7) is 0. The van der Waals surface area contributed by atoms with E-state index in [4.69, 9.17) is 19.9 Å². The Balaban J connectivity index is 1.17. The van der Waals surface area contributed by atoms with E-state index in [1.165, 1.54) is 0 Å². The Morgan fingerprint density at radius 3 is 1.80 bits per heavy atom. The van der Waals surface area contributed by atoms with E-state index in [9.17, 15) is 0 Å². The van der Waals surface area contributed by atoms with Gasteiger partial charge in [-0.2, -0.15) is 0 Å². The Hall–Kier alpha value is -6.20. The van der Waals surface area contributed by atoms with Crippen LogP contribution < -0.4 is 0 Å². The van der Waals surface area contributed by atoms with Crippen molar-refractivity contribution in [1.29, 1.82) is 0 Å². The molecule has 0 atom stereocenters. The van der Waals surface area contributed by atoms with E-state index in [0.717, 1.165) is 83.4 Å². The van der Waals surface area contributed by atoms with E-state index < -0.39 is 0 Å². The first-order chi connectivity index (χ1) is 22.3. The molecule has 0 saturated carbocycles. The number of hydrogen-bond acceptors (Lipinski definition) is 4. The largest absolute Gasteiger partial charge is 0.299 e. The van der Waals surface area contributed by atoms with Crippen LogP contribution >= 0.6 is 0 Å². The zero-order chi connectivity index (χ0) is 29.7. The highest BCUT2D eigenvalue weighted by Crippen LogP contribution is 2.36. The van der Waals surface area contributed by atoms with E-state index in [1.807, 2.05) is 48.7 Å². The molecule has 0 saturated heterocycles. The minimum absolute atomic E-state index is 0.862. The van der Waals surface area contributed by atoms with Crippen LogP contribution in [0.1, 0.15) is 0 Å². The summed E-state index contributed by atoms with van der Waals surface area (Å²) in [4.78, 5) is 20.1. The van der Waals surface area contributed by atoms with Crippen LogP contribution in [0.4, 0.5) is 0 Å². The third-order valence-corrected chi connectivity index (χ3v) is 8.47. The molecule has 0 aliphatic rings. The van der Waals surface area contributed by atoms with Gasteiger partial charge in [-0.05, 0) is 35.7 Å². The highest BCUT2D eigenvalue weighted by atomic mass is 15.0. The topological polar surface area (TPSA) is 56.0 Å². The van der Waals surface area contributed by atoms with Gasteiger partial charge in [0.05, 0.1) is 33.8 Å². The molecule has 5 nitrogen and oxygen atoms in total. The highest BCUT2D eigenvalue weighted by Gasteiger charge is 2.19. The minimum Gasteiger partial charge on any atom is -0.299 e. The van der Waals surface area contributed by atoms with E-state index >= 15 is 0 Å². The third-order valence-electron chi connectivity index (χ3n) is 8.47. The monoisotopic (exact) mass is 575 g/mol. The molecule has 9 aromatic rings. The Morgan fingerprint density at radius 1 is 0.422 bits per heavy atom. The van der Waals surface area contributed by atoms with Crippen LogP contribution in [0.5, 0.6) is 0 Å². The van der Waals surface area contributed by atoms with Crippen molar-refractivity contribution in [2.75, 3.05) is 0 Å². The molecule has 9 rings (SSSR count). The van der Waals surface area contributed by atoms with Gasteiger partial charge in [-0.3, -0.25) is 9.38 Å². The van der Waals surface area contributed by atoms with Crippen molar-refractivity contribution < 1.29 is 0 Å². The van der Waals surface area contributed by atoms with Crippen molar-refractivity contribution in [2.45, 2.75) is 0 Å². The van der Waals surface area contributed by atoms with Gasteiger partial charge in [-0.1, -0.05) is 109 Å². The first kappa shape index (κ1) is 25.3. The van der Waals surface area contributed by atoms with Gasteiger partial charge < -0.3 is 0 Å². The maximum absolute atomic E-state index is 5.16. The second-order valence-corrected chi connectivity index (χ2v) is 11.2. The average molecular weight is 576 g/mol. The lowest BCUT2D eigenvalue weighted by Gasteiger charge is -2.10. The zero-order valence-corrected chi connectivity index (χ0v) is 24.2. The summed E-state index contributed by atoms with van der Waals surface area (Å²) in [5, 5.41) is 4.36. The highest BCUT2D eigenvalue weighted by molar-refractivity contribution is 6.04. The number of fused-ring (bicyclic) bond motifs is 5. The lowest BCUT2D eigenvalue weighted by Crippen LogP contribution is -1.93. The first-order valence-electron chi connectivity index (χ1n) is 15.0. The van der Waals surface area contributed by atoms with Gasteiger partial charge in [0.2, 0.25) is 0 Å². The number of pyridine rings is 4. The third kappa shape index (κ3) is 4.25. The molecule has 0 aliphatic heterocycles. The Morgan fingerprint density at radius 2 is 1.04 bits per heavy atom. The molecule has 0 radical (unpaired) electrons. The SMILES string of the molecule is c1ccc(-c2ccc3ccc4ccc(-c5ccc(-c6c(-c7nccc8ccccc78)nc7ccccn67)cc5)nc4c3n2)cc1. The van der Waals surface area contributed by atoms with Crippen LogP contribution in [0.15, 0.2) is 152 Å². The number of nitrogens with zero attached hydrogens (tertiary/aromatic N) is 5. The fraction of sp³-hybridized carbons (Fsp3) is 0. The summed E-state index contributed by atoms with van der Waals surface area (Å²) in [6, 6.07) is 48.0. The predicted octanol–water partition coefficient (Wildman–Crippen LogP) is 9.65. The molecular weight excluding hydrogens is 550 g/mol. The average Bonchev–Trinajstić information content (AvgIpc) is 3.51. The zero-order valence-electron chi connectivity index (χ0n) is 24.2. The molecule has 5 heteroatoms. The second-order valence-electron chi connectivity index (χ2n) is 11.2. The van der Waals surface area contributed by atoms with Crippen LogP contribution in [-0.4, -0.2) is 24.3 Å². The standard InChI is InChI=1S/C40H25N5/c1-2-9-27(10-3-1)33-21-19-29-15-16-30-20-22-34(43-37(30)36(29)42-33)28-13-17-31(18-14-28)40-39(44-35-12-6-7-25-45(35)40)38-32-11-5-4-8-26(32)23-24-41-38/h1-25H. The summed E-state index contributed by atoms with van der Waals surface area (Å²) in [6.07, 6.45) is 3.92. The van der Waals surface area contributed by atoms with Crippen LogP contribution in [0, 0.1) is 0 Å². The molecule has 0 spiro atoms. The summed E-state index contributed by atoms with van der Waals surface area (Å²) in [5.41, 5.74) is 10.5. The van der Waals surface area contributed by atoms with Crippen LogP contribution in [0.25, 0.3) is 83.4 Å². The van der Waals surface area contributed by atoms with E-state index in [-0.39, 0.29) is 0 Å². The molecule has 4 aromatic carbocycles. The Labute approximate surface area is 259 Å². The molecule has 0 N–H and O–H groups in total. The molecule has 45 heavy (non-hydrogen) atoms. The lowest BCUT2D eigenvalue weighted by atomic mass is 10.0. The number of hydrogen-bond donors (Lipinski definition) is 0. The first-order valence-corrected chi connectivity index (χ1v) is 15.0. The van der Waals surface area contributed by atoms with Gasteiger partial charge in [0, 0.05) is 45.2 Å². The Bertz CT molecular complexity index is 2530. The van der Waals surface area contributed by atoms with E-state index in [1.54, 1.807) is 0 Å². The van der Waals surface area contributed by atoms with Gasteiger partial charge in [-0.25, -0.2) is 15.0 Å². The smallest absolute Gasteiger partial charge is 0.138 e. The summed E-state index contributed by atoms with van der Waals surface area (Å²) in [5.74, 6) is 0. The maximum Gasteiger partial charge on any atom is 0.138 e. The van der Waals surface area contributed by atoms with Crippen molar-refractivity contribution in [3.63, 3.8) is 0 Å². The number of rotatable bonds is 4. The molecular formula is C40H25N5. The van der Waals surface area contributed by atoms with Crippen molar-refractivity contribution in [2.24, 2.45) is 0 Å².